The van der Waals surface area contributed by atoms with Crippen LogP contribution in [0.4, 0.5) is 0 Å². The average Bonchev–Trinajstić information content (AvgIpc) is 2.45. The van der Waals surface area contributed by atoms with Crippen LogP contribution in [-0.2, 0) is 20.7 Å². The van der Waals surface area contributed by atoms with E-state index in [0.29, 0.717) is 17.7 Å². The molecule has 0 aliphatic carbocycles. The Morgan fingerprint density at radius 1 is 1.33 bits per heavy atom. The number of ketones is 1. The lowest BCUT2D eigenvalue weighted by Crippen LogP contribution is -2.13. The molecule has 114 valence electrons. The molecule has 1 aromatic rings. The number of methoxy groups -OCH3 is 1. The molecule has 0 unspecified atom stereocenters. The van der Waals surface area contributed by atoms with Crippen molar-refractivity contribution >= 4 is 17.5 Å². The van der Waals surface area contributed by atoms with Gasteiger partial charge in [0.05, 0.1) is 13.2 Å². The Kier molecular flexibility index (Phi) is 5.96. The summed E-state index contributed by atoms with van der Waals surface area (Å²) in [5.41, 5.74) is 1.31. The van der Waals surface area contributed by atoms with Gasteiger partial charge in [0.15, 0.2) is 0 Å². The van der Waals surface area contributed by atoms with Crippen molar-refractivity contribution in [3.05, 3.63) is 35.4 Å². The molecule has 1 aromatic carbocycles. The zero-order valence-electron chi connectivity index (χ0n) is 12.7. The Morgan fingerprint density at radius 3 is 2.52 bits per heavy atom. The molecule has 5 nitrogen and oxygen atoms in total. The second kappa shape index (κ2) is 7.47. The van der Waals surface area contributed by atoms with Crippen LogP contribution < -0.4 is 4.74 Å². The van der Waals surface area contributed by atoms with E-state index in [2.05, 4.69) is 4.74 Å². The summed E-state index contributed by atoms with van der Waals surface area (Å²) >= 11 is 0. The molecule has 0 bridgehead atoms. The molecule has 1 rings (SSSR count). The largest absolute Gasteiger partial charge is 0.507 e. The minimum Gasteiger partial charge on any atom is -0.507 e. The van der Waals surface area contributed by atoms with Crippen molar-refractivity contribution in [2.45, 2.75) is 33.3 Å². The molecular formula is C16H20O5. The van der Waals surface area contributed by atoms with Gasteiger partial charge in [0.25, 0.3) is 5.78 Å². The molecule has 0 saturated heterocycles. The van der Waals surface area contributed by atoms with E-state index in [1.54, 1.807) is 12.1 Å². The maximum atomic E-state index is 11.4. The lowest BCUT2D eigenvalue weighted by atomic mass is 10.0. The molecule has 0 aliphatic heterocycles. The van der Waals surface area contributed by atoms with Crippen molar-refractivity contribution in [3.63, 3.8) is 0 Å². The van der Waals surface area contributed by atoms with Crippen LogP contribution in [0.2, 0.25) is 0 Å². The van der Waals surface area contributed by atoms with E-state index in [-0.39, 0.29) is 11.9 Å². The predicted molar refractivity (Wildman–Crippen MR) is 79.2 cm³/mol. The third-order valence-electron chi connectivity index (χ3n) is 2.76. The lowest BCUT2D eigenvalue weighted by molar-refractivity contribution is -0.149. The second-order valence-corrected chi connectivity index (χ2v) is 4.72. The molecule has 1 N–H and O–H groups in total. The maximum absolute atomic E-state index is 11.4. The lowest BCUT2D eigenvalue weighted by Gasteiger charge is -2.13. The van der Waals surface area contributed by atoms with Crippen LogP contribution in [0.5, 0.6) is 5.75 Å². The SMILES string of the molecule is CCc1cc(OC(C)C)ccc1/C(O)=C/C(=O)C(=O)OC. The van der Waals surface area contributed by atoms with Crippen LogP contribution in [0.3, 0.4) is 0 Å². The minimum atomic E-state index is -1.01. The Labute approximate surface area is 124 Å². The highest BCUT2D eigenvalue weighted by molar-refractivity contribution is 6.39. The number of carbonyl (C=O) groups excluding carboxylic acids is 2. The molecule has 0 radical (unpaired) electrons. The highest BCUT2D eigenvalue weighted by Gasteiger charge is 2.15. The molecule has 0 aliphatic rings. The third kappa shape index (κ3) is 4.63. The van der Waals surface area contributed by atoms with Gasteiger partial charge < -0.3 is 14.6 Å². The van der Waals surface area contributed by atoms with Crippen LogP contribution in [0, 0.1) is 0 Å². The Morgan fingerprint density at radius 2 is 2.00 bits per heavy atom. The smallest absolute Gasteiger partial charge is 0.378 e. The standard InChI is InChI=1S/C16H20O5/c1-5-11-8-12(21-10(2)3)6-7-13(11)14(17)9-15(18)16(19)20-4/h6-10,17H,5H2,1-4H3/b14-9-. The molecule has 0 heterocycles. The van der Waals surface area contributed by atoms with Crippen molar-refractivity contribution in [2.24, 2.45) is 0 Å². The summed E-state index contributed by atoms with van der Waals surface area (Å²) < 4.78 is 9.89. The molecule has 0 saturated carbocycles. The van der Waals surface area contributed by atoms with Crippen LogP contribution in [0.25, 0.3) is 5.76 Å². The molecule has 0 aromatic heterocycles. The predicted octanol–water partition coefficient (Wildman–Crippen LogP) is 2.68. The molecule has 21 heavy (non-hydrogen) atoms. The van der Waals surface area contributed by atoms with Gasteiger partial charge in [-0.25, -0.2) is 4.79 Å². The second-order valence-electron chi connectivity index (χ2n) is 4.72. The van der Waals surface area contributed by atoms with Crippen molar-refractivity contribution in [1.82, 2.24) is 0 Å². The van der Waals surface area contributed by atoms with E-state index < -0.39 is 11.8 Å². The molecule has 0 atom stereocenters. The fourth-order valence-corrected chi connectivity index (χ4v) is 1.82. The summed E-state index contributed by atoms with van der Waals surface area (Å²) in [7, 11) is 1.11. The molecular weight excluding hydrogens is 272 g/mol. The van der Waals surface area contributed by atoms with E-state index >= 15 is 0 Å². The number of aliphatic hydroxyl groups excluding tert-OH is 1. The minimum absolute atomic E-state index is 0.0468. The van der Waals surface area contributed by atoms with Gasteiger partial charge in [0.2, 0.25) is 0 Å². The number of rotatable bonds is 6. The third-order valence-corrected chi connectivity index (χ3v) is 2.76. The highest BCUT2D eigenvalue weighted by Crippen LogP contribution is 2.24. The monoisotopic (exact) mass is 292 g/mol. The first-order valence-electron chi connectivity index (χ1n) is 6.71. The number of benzene rings is 1. The summed E-state index contributed by atoms with van der Waals surface area (Å²) in [6.45, 7) is 5.77. The summed E-state index contributed by atoms with van der Waals surface area (Å²) in [6, 6.07) is 5.18. The van der Waals surface area contributed by atoms with Crippen LogP contribution in [0.1, 0.15) is 31.9 Å². The molecule has 0 spiro atoms. The van der Waals surface area contributed by atoms with Crippen molar-refractivity contribution in [2.75, 3.05) is 7.11 Å². The van der Waals surface area contributed by atoms with Crippen molar-refractivity contribution < 1.29 is 24.2 Å². The number of hydrogen-bond acceptors (Lipinski definition) is 5. The number of carbonyl (C=O) groups is 2. The fraction of sp³-hybridized carbons (Fsp3) is 0.375. The quantitative estimate of drug-likeness (QED) is 0.378. The highest BCUT2D eigenvalue weighted by atomic mass is 16.5. The fourth-order valence-electron chi connectivity index (χ4n) is 1.82. The van der Waals surface area contributed by atoms with Gasteiger partial charge in [0, 0.05) is 11.6 Å². The first-order valence-corrected chi connectivity index (χ1v) is 6.71. The summed E-state index contributed by atoms with van der Waals surface area (Å²) in [4.78, 5) is 22.5. The first kappa shape index (κ1) is 16.8. The average molecular weight is 292 g/mol. The van der Waals surface area contributed by atoms with Gasteiger partial charge in [-0.3, -0.25) is 4.79 Å². The molecule has 0 amide bonds. The van der Waals surface area contributed by atoms with Gasteiger partial charge in [-0.05, 0) is 44.0 Å². The summed E-state index contributed by atoms with van der Waals surface area (Å²) in [5, 5.41) is 10.0. The van der Waals surface area contributed by atoms with Gasteiger partial charge >= 0.3 is 5.97 Å². The topological polar surface area (TPSA) is 72.8 Å². The van der Waals surface area contributed by atoms with Gasteiger partial charge in [0.1, 0.15) is 11.5 Å². The van der Waals surface area contributed by atoms with Gasteiger partial charge in [-0.2, -0.15) is 0 Å². The maximum Gasteiger partial charge on any atom is 0.378 e. The van der Waals surface area contributed by atoms with Crippen LogP contribution in [0.15, 0.2) is 24.3 Å². The zero-order valence-corrected chi connectivity index (χ0v) is 12.7. The number of aryl methyl sites for hydroxylation is 1. The van der Waals surface area contributed by atoms with E-state index in [0.717, 1.165) is 18.7 Å². The van der Waals surface area contributed by atoms with E-state index in [1.807, 2.05) is 26.8 Å². The number of hydrogen-bond donors (Lipinski definition) is 1. The van der Waals surface area contributed by atoms with E-state index in [1.165, 1.54) is 0 Å². The van der Waals surface area contributed by atoms with Crippen LogP contribution >= 0.6 is 0 Å². The summed E-state index contributed by atoms with van der Waals surface area (Å²) in [5.74, 6) is -1.49. The Bertz CT molecular complexity index is 558. The van der Waals surface area contributed by atoms with Crippen molar-refractivity contribution in [3.8, 4) is 5.75 Å². The van der Waals surface area contributed by atoms with Crippen LogP contribution in [-0.4, -0.2) is 30.1 Å². The van der Waals surface area contributed by atoms with Gasteiger partial charge in [-0.15, -0.1) is 0 Å². The van der Waals surface area contributed by atoms with Crippen molar-refractivity contribution in [1.29, 1.82) is 0 Å². The molecule has 5 heteroatoms. The van der Waals surface area contributed by atoms with E-state index in [9.17, 15) is 14.7 Å². The number of aliphatic hydroxyl groups is 1. The molecule has 0 fully saturated rings. The first-order chi connectivity index (χ1) is 9.88. The number of ether oxygens (including phenoxy) is 2. The Hall–Kier alpha value is -2.30. The van der Waals surface area contributed by atoms with E-state index in [4.69, 9.17) is 4.74 Å². The number of esters is 1. The Balaban J connectivity index is 3.09. The summed E-state index contributed by atoms with van der Waals surface area (Å²) in [6.07, 6.45) is 1.56. The zero-order chi connectivity index (χ0) is 16.0. The normalized spacial score (nSPS) is 11.4. The van der Waals surface area contributed by atoms with Gasteiger partial charge in [-0.1, -0.05) is 6.92 Å².